The van der Waals surface area contributed by atoms with Crippen molar-refractivity contribution in [3.05, 3.63) is 0 Å². The van der Waals surface area contributed by atoms with E-state index >= 15 is 0 Å². The van der Waals surface area contributed by atoms with Crippen molar-refractivity contribution in [2.24, 2.45) is 5.73 Å². The number of hydrogen-bond donors (Lipinski definition) is 3. The quantitative estimate of drug-likeness (QED) is 0.436. The Balaban J connectivity index is 2.60. The van der Waals surface area contributed by atoms with Gasteiger partial charge in [0.2, 0.25) is 0 Å². The van der Waals surface area contributed by atoms with Crippen LogP contribution in [-0.2, 0) is 10.2 Å². The molecular weight excluding hydrogens is 254 g/mol. The fourth-order valence-corrected chi connectivity index (χ4v) is 3.10. The lowest BCUT2D eigenvalue weighted by molar-refractivity contribution is 0.160. The van der Waals surface area contributed by atoms with E-state index in [4.69, 9.17) is 11.1 Å². The summed E-state index contributed by atoms with van der Waals surface area (Å²) in [6.07, 6.45) is 1.80. The lowest BCUT2D eigenvalue weighted by Gasteiger charge is -2.37. The van der Waals surface area contributed by atoms with Crippen molar-refractivity contribution in [2.75, 3.05) is 33.2 Å². The number of amidine groups is 1. The van der Waals surface area contributed by atoms with Crippen molar-refractivity contribution in [3.63, 3.8) is 0 Å². The molecule has 0 spiro atoms. The number of nitrogens with one attached hydrogen (secondary N) is 2. The largest absolute Gasteiger partial charge is 0.386 e. The Kier molecular flexibility index (Phi) is 5.51. The second kappa shape index (κ2) is 6.46. The van der Waals surface area contributed by atoms with E-state index in [2.05, 4.69) is 16.5 Å². The third kappa shape index (κ3) is 3.64. The molecule has 18 heavy (non-hydrogen) atoms. The standard InChI is InChI=1S/C10H23N5O2S/c1-3-4-9(10(11)12)14-5-7-15(8-6-14)18(16,17)13-2/h9,13H,3-8H2,1-2H3,(H3,11,12). The third-order valence-corrected chi connectivity index (χ3v) is 4.79. The third-order valence-electron chi connectivity index (χ3n) is 3.23. The summed E-state index contributed by atoms with van der Waals surface area (Å²) >= 11 is 0. The molecule has 1 aliphatic rings. The summed E-state index contributed by atoms with van der Waals surface area (Å²) in [5, 5.41) is 7.59. The normalized spacial score (nSPS) is 20.8. The van der Waals surface area contributed by atoms with Crippen LogP contribution >= 0.6 is 0 Å². The molecule has 4 N–H and O–H groups in total. The second-order valence-electron chi connectivity index (χ2n) is 4.40. The Labute approximate surface area is 109 Å². The Hall–Kier alpha value is -0.700. The van der Waals surface area contributed by atoms with E-state index in [0.29, 0.717) is 26.2 Å². The Bertz CT molecular complexity index is 376. The van der Waals surface area contributed by atoms with Gasteiger partial charge in [-0.1, -0.05) is 13.3 Å². The first-order valence-electron chi connectivity index (χ1n) is 6.19. The molecule has 0 saturated carbocycles. The first-order valence-corrected chi connectivity index (χ1v) is 7.63. The van der Waals surface area contributed by atoms with Gasteiger partial charge in [-0.25, -0.2) is 4.72 Å². The zero-order chi connectivity index (χ0) is 13.8. The van der Waals surface area contributed by atoms with E-state index in [9.17, 15) is 8.42 Å². The summed E-state index contributed by atoms with van der Waals surface area (Å²) in [7, 11) is -1.92. The zero-order valence-electron chi connectivity index (χ0n) is 11.0. The van der Waals surface area contributed by atoms with Crippen LogP contribution in [0.1, 0.15) is 19.8 Å². The molecule has 8 heteroatoms. The molecule has 1 unspecified atom stereocenters. The maximum atomic E-state index is 11.6. The first kappa shape index (κ1) is 15.4. The molecule has 0 radical (unpaired) electrons. The molecule has 0 bridgehead atoms. The Morgan fingerprint density at radius 1 is 1.39 bits per heavy atom. The molecule has 0 aromatic rings. The van der Waals surface area contributed by atoms with Gasteiger partial charge >= 0.3 is 0 Å². The van der Waals surface area contributed by atoms with Crippen molar-refractivity contribution in [2.45, 2.75) is 25.8 Å². The molecule has 0 aliphatic carbocycles. The van der Waals surface area contributed by atoms with E-state index in [0.717, 1.165) is 12.8 Å². The van der Waals surface area contributed by atoms with E-state index in [1.165, 1.54) is 11.4 Å². The van der Waals surface area contributed by atoms with Gasteiger partial charge in [-0.15, -0.1) is 0 Å². The van der Waals surface area contributed by atoms with Crippen molar-refractivity contribution >= 4 is 16.0 Å². The average Bonchev–Trinajstić information content (AvgIpc) is 2.36. The molecular formula is C10H23N5O2S. The van der Waals surface area contributed by atoms with Crippen LogP contribution in [0.5, 0.6) is 0 Å². The van der Waals surface area contributed by atoms with Gasteiger partial charge in [0.15, 0.2) is 0 Å². The molecule has 0 amide bonds. The summed E-state index contributed by atoms with van der Waals surface area (Å²) in [6.45, 7) is 4.17. The highest BCUT2D eigenvalue weighted by atomic mass is 32.2. The SMILES string of the molecule is CCCC(C(=N)N)N1CCN(S(=O)(=O)NC)CC1. The minimum atomic E-state index is -3.33. The fraction of sp³-hybridized carbons (Fsp3) is 0.900. The zero-order valence-corrected chi connectivity index (χ0v) is 11.8. The molecule has 1 heterocycles. The number of hydrogen-bond acceptors (Lipinski definition) is 4. The van der Waals surface area contributed by atoms with E-state index in [-0.39, 0.29) is 11.9 Å². The van der Waals surface area contributed by atoms with Crippen molar-refractivity contribution in [3.8, 4) is 0 Å². The Morgan fingerprint density at radius 3 is 2.33 bits per heavy atom. The predicted octanol–water partition coefficient (Wildman–Crippen LogP) is -0.827. The number of nitrogens with two attached hydrogens (primary N) is 1. The van der Waals surface area contributed by atoms with Gasteiger partial charge in [0, 0.05) is 33.2 Å². The molecule has 1 saturated heterocycles. The molecule has 1 aliphatic heterocycles. The van der Waals surface area contributed by atoms with Gasteiger partial charge in [-0.05, 0) is 6.42 Å². The maximum Gasteiger partial charge on any atom is 0.279 e. The summed E-state index contributed by atoms with van der Waals surface area (Å²) in [5.41, 5.74) is 5.60. The van der Waals surface area contributed by atoms with Crippen molar-refractivity contribution < 1.29 is 8.42 Å². The Morgan fingerprint density at radius 2 is 1.94 bits per heavy atom. The van der Waals surface area contributed by atoms with Crippen LogP contribution in [0.15, 0.2) is 0 Å². The first-order chi connectivity index (χ1) is 8.42. The van der Waals surface area contributed by atoms with Crippen LogP contribution in [0.4, 0.5) is 0 Å². The van der Waals surface area contributed by atoms with Crippen LogP contribution in [0.2, 0.25) is 0 Å². The minimum Gasteiger partial charge on any atom is -0.386 e. The van der Waals surface area contributed by atoms with Crippen molar-refractivity contribution in [1.29, 1.82) is 5.41 Å². The monoisotopic (exact) mass is 277 g/mol. The average molecular weight is 277 g/mol. The summed E-state index contributed by atoms with van der Waals surface area (Å²) in [4.78, 5) is 2.09. The molecule has 0 aromatic heterocycles. The van der Waals surface area contributed by atoms with Gasteiger partial charge < -0.3 is 5.73 Å². The second-order valence-corrected chi connectivity index (χ2v) is 6.28. The lowest BCUT2D eigenvalue weighted by Crippen LogP contribution is -2.56. The van der Waals surface area contributed by atoms with Crippen LogP contribution in [0, 0.1) is 5.41 Å². The molecule has 106 valence electrons. The topological polar surface area (TPSA) is 103 Å². The van der Waals surface area contributed by atoms with Crippen LogP contribution in [0.3, 0.4) is 0 Å². The highest BCUT2D eigenvalue weighted by Gasteiger charge is 2.29. The molecule has 1 atom stereocenters. The maximum absolute atomic E-state index is 11.6. The van der Waals surface area contributed by atoms with Crippen molar-refractivity contribution in [1.82, 2.24) is 13.9 Å². The highest BCUT2D eigenvalue weighted by Crippen LogP contribution is 2.12. The van der Waals surface area contributed by atoms with Gasteiger partial charge in [0.1, 0.15) is 5.84 Å². The van der Waals surface area contributed by atoms with Gasteiger partial charge in [-0.2, -0.15) is 12.7 Å². The van der Waals surface area contributed by atoms with Crippen LogP contribution < -0.4 is 10.5 Å². The number of piperazine rings is 1. The van der Waals surface area contributed by atoms with Gasteiger partial charge in [0.25, 0.3) is 10.2 Å². The van der Waals surface area contributed by atoms with Crippen LogP contribution in [-0.4, -0.2) is 62.7 Å². The predicted molar refractivity (Wildman–Crippen MR) is 71.7 cm³/mol. The molecule has 1 fully saturated rings. The summed E-state index contributed by atoms with van der Waals surface area (Å²) < 4.78 is 27.0. The smallest absolute Gasteiger partial charge is 0.279 e. The van der Waals surface area contributed by atoms with E-state index in [1.54, 1.807) is 0 Å². The van der Waals surface area contributed by atoms with E-state index in [1.807, 2.05) is 0 Å². The highest BCUT2D eigenvalue weighted by molar-refractivity contribution is 7.87. The van der Waals surface area contributed by atoms with Gasteiger partial charge in [-0.3, -0.25) is 10.3 Å². The summed E-state index contributed by atoms with van der Waals surface area (Å²) in [5.74, 6) is 0.168. The lowest BCUT2D eigenvalue weighted by atomic mass is 10.1. The fourth-order valence-electron chi connectivity index (χ4n) is 2.19. The number of nitrogens with zero attached hydrogens (tertiary/aromatic N) is 2. The minimum absolute atomic E-state index is 0.0607. The molecule has 7 nitrogen and oxygen atoms in total. The molecule has 0 aromatic carbocycles. The van der Waals surface area contributed by atoms with E-state index < -0.39 is 10.2 Å². The van der Waals surface area contributed by atoms with Crippen LogP contribution in [0.25, 0.3) is 0 Å². The molecule has 1 rings (SSSR count). The van der Waals surface area contributed by atoms with Gasteiger partial charge in [0.05, 0.1) is 6.04 Å². The summed E-state index contributed by atoms with van der Waals surface area (Å²) in [6, 6.07) is -0.0607. The number of rotatable bonds is 6.